The Kier molecular flexibility index (Phi) is 6.32. The van der Waals surface area contributed by atoms with Crippen LogP contribution in [0.4, 0.5) is 5.82 Å². The van der Waals surface area contributed by atoms with Crippen LogP contribution in [-0.2, 0) is 6.42 Å². The molecule has 3 aromatic rings. The van der Waals surface area contributed by atoms with Gasteiger partial charge in [0, 0.05) is 19.7 Å². The van der Waals surface area contributed by atoms with Gasteiger partial charge in [-0.2, -0.15) is 0 Å². The van der Waals surface area contributed by atoms with Crippen LogP contribution in [0.1, 0.15) is 11.1 Å². The van der Waals surface area contributed by atoms with Crippen LogP contribution in [-0.4, -0.2) is 37.8 Å². The van der Waals surface area contributed by atoms with Gasteiger partial charge < -0.3 is 19.1 Å². The minimum Gasteiger partial charge on any atom is -0.493 e. The van der Waals surface area contributed by atoms with Gasteiger partial charge in [0.1, 0.15) is 17.9 Å². The summed E-state index contributed by atoms with van der Waals surface area (Å²) in [5.41, 5.74) is 2.35. The van der Waals surface area contributed by atoms with Crippen molar-refractivity contribution in [1.82, 2.24) is 9.97 Å². The Morgan fingerprint density at radius 1 is 0.893 bits per heavy atom. The van der Waals surface area contributed by atoms with Gasteiger partial charge in [-0.25, -0.2) is 9.97 Å². The Bertz CT molecular complexity index is 913. The summed E-state index contributed by atoms with van der Waals surface area (Å²) >= 11 is 0. The number of benzene rings is 2. The molecule has 0 fully saturated rings. The Hall–Kier alpha value is -3.28. The molecule has 0 unspecified atom stereocenters. The van der Waals surface area contributed by atoms with E-state index in [-0.39, 0.29) is 0 Å². The van der Waals surface area contributed by atoms with Crippen LogP contribution in [0, 0.1) is 6.92 Å². The molecule has 1 heterocycles. The number of hydrogen-bond donors (Lipinski definition) is 0. The van der Waals surface area contributed by atoms with Crippen molar-refractivity contribution in [2.45, 2.75) is 13.3 Å². The lowest BCUT2D eigenvalue weighted by Crippen LogP contribution is -2.21. The van der Waals surface area contributed by atoms with Gasteiger partial charge in [0.05, 0.1) is 14.2 Å². The van der Waals surface area contributed by atoms with Crippen LogP contribution in [0.5, 0.6) is 23.1 Å². The number of rotatable bonds is 8. The molecule has 0 amide bonds. The summed E-state index contributed by atoms with van der Waals surface area (Å²) < 4.78 is 16.5. The van der Waals surface area contributed by atoms with E-state index in [1.807, 2.05) is 62.5 Å². The normalized spacial score (nSPS) is 10.4. The van der Waals surface area contributed by atoms with Crippen molar-refractivity contribution in [2.75, 3.05) is 32.7 Å². The van der Waals surface area contributed by atoms with Gasteiger partial charge in [-0.3, -0.25) is 0 Å². The van der Waals surface area contributed by atoms with Crippen molar-refractivity contribution in [3.63, 3.8) is 0 Å². The zero-order valence-electron chi connectivity index (χ0n) is 16.7. The molecule has 0 saturated carbocycles. The van der Waals surface area contributed by atoms with Gasteiger partial charge in [0.15, 0.2) is 11.5 Å². The van der Waals surface area contributed by atoms with Crippen LogP contribution in [0.3, 0.4) is 0 Å². The number of likely N-dealkylation sites (N-methyl/N-ethyl adjacent to an activating group) is 1. The highest BCUT2D eigenvalue weighted by atomic mass is 16.5. The van der Waals surface area contributed by atoms with Gasteiger partial charge in [-0.1, -0.05) is 23.8 Å². The number of hydrogen-bond acceptors (Lipinski definition) is 6. The molecule has 0 atom stereocenters. The number of methoxy groups -OCH3 is 2. The maximum atomic E-state index is 5.83. The van der Waals surface area contributed by atoms with Crippen LogP contribution in [0.25, 0.3) is 0 Å². The van der Waals surface area contributed by atoms with Crippen molar-refractivity contribution < 1.29 is 14.2 Å². The Labute approximate surface area is 165 Å². The van der Waals surface area contributed by atoms with Crippen molar-refractivity contribution in [3.05, 3.63) is 66.0 Å². The predicted octanol–water partition coefficient (Wildman–Crippen LogP) is 4.27. The van der Waals surface area contributed by atoms with E-state index < -0.39 is 0 Å². The fraction of sp³-hybridized carbons (Fsp3) is 0.273. The van der Waals surface area contributed by atoms with Crippen LogP contribution >= 0.6 is 0 Å². The van der Waals surface area contributed by atoms with E-state index in [1.54, 1.807) is 14.2 Å². The quantitative estimate of drug-likeness (QED) is 0.582. The molecular formula is C22H25N3O3. The fourth-order valence-corrected chi connectivity index (χ4v) is 2.77. The van der Waals surface area contributed by atoms with Gasteiger partial charge in [-0.15, -0.1) is 0 Å². The maximum absolute atomic E-state index is 5.83. The van der Waals surface area contributed by atoms with Crippen LogP contribution in [0.2, 0.25) is 0 Å². The molecule has 0 aliphatic carbocycles. The van der Waals surface area contributed by atoms with E-state index >= 15 is 0 Å². The number of anilines is 1. The SMILES string of the molecule is COc1ccc(CCN(C)c2cc(Oc3ccc(C)cc3)ncn2)cc1OC. The van der Waals surface area contributed by atoms with E-state index in [4.69, 9.17) is 14.2 Å². The summed E-state index contributed by atoms with van der Waals surface area (Å²) in [5.74, 6) is 3.54. The van der Waals surface area contributed by atoms with E-state index in [9.17, 15) is 0 Å². The van der Waals surface area contributed by atoms with E-state index in [1.165, 1.54) is 11.9 Å². The summed E-state index contributed by atoms with van der Waals surface area (Å²) in [6, 6.07) is 15.7. The van der Waals surface area contributed by atoms with E-state index in [0.29, 0.717) is 5.88 Å². The number of nitrogens with zero attached hydrogens (tertiary/aromatic N) is 3. The highest BCUT2D eigenvalue weighted by Crippen LogP contribution is 2.28. The first-order valence-electron chi connectivity index (χ1n) is 9.07. The van der Waals surface area contributed by atoms with E-state index in [0.717, 1.165) is 41.6 Å². The second-order valence-corrected chi connectivity index (χ2v) is 6.49. The third kappa shape index (κ3) is 4.91. The average molecular weight is 379 g/mol. The lowest BCUT2D eigenvalue weighted by atomic mass is 10.1. The Morgan fingerprint density at radius 2 is 1.64 bits per heavy atom. The van der Waals surface area contributed by atoms with Gasteiger partial charge in [-0.05, 0) is 43.2 Å². The maximum Gasteiger partial charge on any atom is 0.224 e. The molecule has 0 aliphatic heterocycles. The number of aromatic nitrogens is 2. The third-order valence-electron chi connectivity index (χ3n) is 4.45. The minimum atomic E-state index is 0.520. The molecule has 1 aromatic heterocycles. The molecule has 28 heavy (non-hydrogen) atoms. The molecule has 0 bridgehead atoms. The molecule has 146 valence electrons. The molecule has 2 aromatic carbocycles. The molecule has 3 rings (SSSR count). The van der Waals surface area contributed by atoms with E-state index in [2.05, 4.69) is 14.9 Å². The second kappa shape index (κ2) is 9.08. The van der Waals surface area contributed by atoms with Crippen molar-refractivity contribution in [2.24, 2.45) is 0 Å². The first-order valence-corrected chi connectivity index (χ1v) is 9.07. The predicted molar refractivity (Wildman–Crippen MR) is 110 cm³/mol. The molecule has 0 N–H and O–H groups in total. The highest BCUT2D eigenvalue weighted by Gasteiger charge is 2.09. The average Bonchev–Trinajstić information content (AvgIpc) is 2.73. The molecular weight excluding hydrogens is 354 g/mol. The van der Waals surface area contributed by atoms with Crippen LogP contribution in [0.15, 0.2) is 54.9 Å². The molecule has 6 nitrogen and oxygen atoms in total. The minimum absolute atomic E-state index is 0.520. The molecule has 0 spiro atoms. The van der Waals surface area contributed by atoms with Gasteiger partial charge >= 0.3 is 0 Å². The van der Waals surface area contributed by atoms with Crippen LogP contribution < -0.4 is 19.1 Å². The zero-order chi connectivity index (χ0) is 19.9. The topological polar surface area (TPSA) is 56.7 Å². The molecule has 0 radical (unpaired) electrons. The van der Waals surface area contributed by atoms with Crippen molar-refractivity contribution in [3.8, 4) is 23.1 Å². The third-order valence-corrected chi connectivity index (χ3v) is 4.45. The summed E-state index contributed by atoms with van der Waals surface area (Å²) in [6.07, 6.45) is 2.36. The summed E-state index contributed by atoms with van der Waals surface area (Å²) in [4.78, 5) is 10.6. The molecule has 0 aliphatic rings. The van der Waals surface area contributed by atoms with Gasteiger partial charge in [0.25, 0.3) is 0 Å². The lowest BCUT2D eigenvalue weighted by molar-refractivity contribution is 0.354. The monoisotopic (exact) mass is 379 g/mol. The zero-order valence-corrected chi connectivity index (χ0v) is 16.7. The summed E-state index contributed by atoms with van der Waals surface area (Å²) in [5, 5.41) is 0. The largest absolute Gasteiger partial charge is 0.493 e. The van der Waals surface area contributed by atoms with Crippen molar-refractivity contribution >= 4 is 5.82 Å². The summed E-state index contributed by atoms with van der Waals surface area (Å²) in [7, 11) is 5.28. The first-order chi connectivity index (χ1) is 13.6. The molecule has 6 heteroatoms. The summed E-state index contributed by atoms with van der Waals surface area (Å²) in [6.45, 7) is 2.83. The Balaban J connectivity index is 1.64. The van der Waals surface area contributed by atoms with Gasteiger partial charge in [0.2, 0.25) is 5.88 Å². The number of aryl methyl sites for hydroxylation is 1. The number of ether oxygens (including phenoxy) is 3. The highest BCUT2D eigenvalue weighted by molar-refractivity contribution is 5.44. The molecule has 0 saturated heterocycles. The second-order valence-electron chi connectivity index (χ2n) is 6.49. The lowest BCUT2D eigenvalue weighted by Gasteiger charge is -2.19. The first kappa shape index (κ1) is 19.5. The Morgan fingerprint density at radius 3 is 2.36 bits per heavy atom. The van der Waals surface area contributed by atoms with Crippen molar-refractivity contribution in [1.29, 1.82) is 0 Å². The fourth-order valence-electron chi connectivity index (χ4n) is 2.77. The standard InChI is InChI=1S/C22H25N3O3/c1-16-5-8-18(9-6-16)28-22-14-21(23-15-24-22)25(2)12-11-17-7-10-19(26-3)20(13-17)27-4/h5-10,13-15H,11-12H2,1-4H3. The smallest absolute Gasteiger partial charge is 0.224 e.